The number of pyridine rings is 1. The van der Waals surface area contributed by atoms with E-state index in [-0.39, 0.29) is 10.3 Å². The zero-order valence-electron chi connectivity index (χ0n) is 11.4. The van der Waals surface area contributed by atoms with E-state index in [2.05, 4.69) is 21.9 Å². The van der Waals surface area contributed by atoms with E-state index in [4.69, 9.17) is 0 Å². The average molecular weight is 283 g/mol. The summed E-state index contributed by atoms with van der Waals surface area (Å²) >= 11 is 0. The fraction of sp³-hybridized carbons (Fsp3) is 0.615. The van der Waals surface area contributed by atoms with Crippen LogP contribution in [0, 0.1) is 5.41 Å². The minimum atomic E-state index is -3.43. The molecule has 0 radical (unpaired) electrons. The number of sulfonamides is 1. The van der Waals surface area contributed by atoms with E-state index in [0.29, 0.717) is 12.4 Å². The molecule has 106 valence electrons. The summed E-state index contributed by atoms with van der Waals surface area (Å²) < 4.78 is 27.2. The van der Waals surface area contributed by atoms with Crippen LogP contribution in [0.25, 0.3) is 0 Å². The second-order valence-electron chi connectivity index (χ2n) is 5.20. The molecular formula is C13H21N3O2S. The third kappa shape index (κ3) is 3.45. The minimum absolute atomic E-state index is 0.209. The molecule has 6 heteroatoms. The zero-order chi connectivity index (χ0) is 13.9. The van der Waals surface area contributed by atoms with Gasteiger partial charge < -0.3 is 5.32 Å². The lowest BCUT2D eigenvalue weighted by Crippen LogP contribution is -2.30. The molecule has 0 unspecified atom stereocenters. The molecule has 1 fully saturated rings. The van der Waals surface area contributed by atoms with E-state index in [9.17, 15) is 8.42 Å². The molecule has 1 aliphatic rings. The van der Waals surface area contributed by atoms with E-state index in [0.717, 1.165) is 25.7 Å². The van der Waals surface area contributed by atoms with Crippen molar-refractivity contribution in [3.05, 3.63) is 18.3 Å². The molecule has 0 saturated heterocycles. The summed E-state index contributed by atoms with van der Waals surface area (Å²) in [5, 5.41) is 2.84. The number of rotatable bonds is 7. The first-order valence-electron chi connectivity index (χ1n) is 6.65. The summed E-state index contributed by atoms with van der Waals surface area (Å²) in [7, 11) is -1.72. The highest BCUT2D eigenvalue weighted by Gasteiger charge is 2.42. The molecule has 1 saturated carbocycles. The van der Waals surface area contributed by atoms with Crippen molar-refractivity contribution in [2.24, 2.45) is 5.41 Å². The van der Waals surface area contributed by atoms with Crippen molar-refractivity contribution in [1.82, 2.24) is 9.71 Å². The van der Waals surface area contributed by atoms with Gasteiger partial charge in [-0.05, 0) is 30.7 Å². The summed E-state index contributed by atoms with van der Waals surface area (Å²) in [6.45, 7) is 2.68. The largest absolute Gasteiger partial charge is 0.373 e. The molecule has 0 aliphatic heterocycles. The maximum absolute atomic E-state index is 12.2. The van der Waals surface area contributed by atoms with Gasteiger partial charge in [0, 0.05) is 25.9 Å². The predicted molar refractivity (Wildman–Crippen MR) is 75.5 cm³/mol. The Balaban J connectivity index is 2.05. The summed E-state index contributed by atoms with van der Waals surface area (Å²) in [4.78, 5) is 4.28. The molecule has 2 N–H and O–H groups in total. The van der Waals surface area contributed by atoms with Crippen LogP contribution in [-0.4, -0.2) is 27.0 Å². The fourth-order valence-corrected chi connectivity index (χ4v) is 3.44. The third-order valence-corrected chi connectivity index (χ3v) is 5.07. The Morgan fingerprint density at radius 2 is 2.16 bits per heavy atom. The smallest absolute Gasteiger partial charge is 0.240 e. The second kappa shape index (κ2) is 5.46. The monoisotopic (exact) mass is 283 g/mol. The third-order valence-electron chi connectivity index (χ3n) is 3.67. The van der Waals surface area contributed by atoms with Gasteiger partial charge in [0.25, 0.3) is 0 Å². The summed E-state index contributed by atoms with van der Waals surface area (Å²) in [5.41, 5.74) is 0.209. The van der Waals surface area contributed by atoms with Crippen molar-refractivity contribution < 1.29 is 8.42 Å². The molecular weight excluding hydrogens is 262 g/mol. The Kier molecular flexibility index (Phi) is 4.10. The predicted octanol–water partition coefficient (Wildman–Crippen LogP) is 1.98. The molecule has 0 atom stereocenters. The second-order valence-corrected chi connectivity index (χ2v) is 6.97. The molecule has 2 rings (SSSR count). The van der Waals surface area contributed by atoms with E-state index in [1.54, 1.807) is 13.1 Å². The van der Waals surface area contributed by atoms with Gasteiger partial charge in [0.2, 0.25) is 10.0 Å². The van der Waals surface area contributed by atoms with E-state index in [1.165, 1.54) is 12.3 Å². The van der Waals surface area contributed by atoms with Gasteiger partial charge in [0.05, 0.1) is 4.90 Å². The van der Waals surface area contributed by atoms with E-state index < -0.39 is 10.0 Å². The van der Waals surface area contributed by atoms with Crippen LogP contribution in [0.3, 0.4) is 0 Å². The molecule has 1 aromatic heterocycles. The standard InChI is InChI=1S/C13H21N3O2S/c1-3-5-13(6-7-13)10-16-19(17,18)11-4-8-15-12(9-11)14-2/h4,8-9,16H,3,5-7,10H2,1-2H3,(H,14,15). The Hall–Kier alpha value is -1.14. The van der Waals surface area contributed by atoms with E-state index >= 15 is 0 Å². The molecule has 0 spiro atoms. The normalized spacial score (nSPS) is 17.2. The first-order chi connectivity index (χ1) is 9.01. The fourth-order valence-electron chi connectivity index (χ4n) is 2.27. The summed E-state index contributed by atoms with van der Waals surface area (Å²) in [6.07, 6.45) is 5.94. The molecule has 0 amide bonds. The molecule has 0 aromatic carbocycles. The average Bonchev–Trinajstić information content (AvgIpc) is 3.18. The summed E-state index contributed by atoms with van der Waals surface area (Å²) in [6, 6.07) is 3.06. The SMILES string of the molecule is CCCC1(CNS(=O)(=O)c2ccnc(NC)c2)CC1. The van der Waals surface area contributed by atoms with Crippen molar-refractivity contribution in [2.75, 3.05) is 18.9 Å². The number of aromatic nitrogens is 1. The van der Waals surface area contributed by atoms with Crippen molar-refractivity contribution >= 4 is 15.8 Å². The van der Waals surface area contributed by atoms with Crippen LogP contribution in [0.2, 0.25) is 0 Å². The number of hydrogen-bond acceptors (Lipinski definition) is 4. The van der Waals surface area contributed by atoms with Crippen molar-refractivity contribution in [1.29, 1.82) is 0 Å². The number of anilines is 1. The van der Waals surface area contributed by atoms with Gasteiger partial charge in [-0.3, -0.25) is 0 Å². The molecule has 1 heterocycles. The quantitative estimate of drug-likeness (QED) is 0.802. The zero-order valence-corrected chi connectivity index (χ0v) is 12.3. The van der Waals surface area contributed by atoms with E-state index in [1.807, 2.05) is 0 Å². The maximum atomic E-state index is 12.2. The van der Waals surface area contributed by atoms with Crippen molar-refractivity contribution in [2.45, 2.75) is 37.5 Å². The topological polar surface area (TPSA) is 71.1 Å². The number of nitrogens with zero attached hydrogens (tertiary/aromatic N) is 1. The van der Waals surface area contributed by atoms with Crippen LogP contribution in [0.1, 0.15) is 32.6 Å². The lowest BCUT2D eigenvalue weighted by molar-refractivity contribution is 0.449. The van der Waals surface area contributed by atoms with Gasteiger partial charge in [0.15, 0.2) is 0 Å². The lowest BCUT2D eigenvalue weighted by atomic mass is 10.0. The summed E-state index contributed by atoms with van der Waals surface area (Å²) in [5.74, 6) is 0.553. The molecule has 1 aliphatic carbocycles. The van der Waals surface area contributed by atoms with Gasteiger partial charge >= 0.3 is 0 Å². The van der Waals surface area contributed by atoms with Gasteiger partial charge in [-0.15, -0.1) is 0 Å². The first-order valence-corrected chi connectivity index (χ1v) is 8.13. The Morgan fingerprint density at radius 1 is 1.42 bits per heavy atom. The van der Waals surface area contributed by atoms with Crippen molar-refractivity contribution in [3.8, 4) is 0 Å². The minimum Gasteiger partial charge on any atom is -0.373 e. The van der Waals surface area contributed by atoms with Crippen LogP contribution >= 0.6 is 0 Å². The highest BCUT2D eigenvalue weighted by atomic mass is 32.2. The van der Waals surface area contributed by atoms with Gasteiger partial charge in [-0.2, -0.15) is 0 Å². The van der Waals surface area contributed by atoms with Gasteiger partial charge in [0.1, 0.15) is 5.82 Å². The Morgan fingerprint density at radius 3 is 2.74 bits per heavy atom. The molecule has 0 bridgehead atoms. The Labute approximate surface area is 114 Å². The molecule has 1 aromatic rings. The highest BCUT2D eigenvalue weighted by Crippen LogP contribution is 2.49. The molecule has 19 heavy (non-hydrogen) atoms. The maximum Gasteiger partial charge on any atom is 0.240 e. The number of nitrogens with one attached hydrogen (secondary N) is 2. The van der Waals surface area contributed by atoms with Crippen molar-refractivity contribution in [3.63, 3.8) is 0 Å². The molecule has 5 nitrogen and oxygen atoms in total. The highest BCUT2D eigenvalue weighted by molar-refractivity contribution is 7.89. The lowest BCUT2D eigenvalue weighted by Gasteiger charge is -2.15. The van der Waals surface area contributed by atoms with Crippen LogP contribution in [0.5, 0.6) is 0 Å². The van der Waals surface area contributed by atoms with Gasteiger partial charge in [-0.25, -0.2) is 18.1 Å². The first kappa shape index (κ1) is 14.3. The Bertz CT molecular complexity index is 539. The van der Waals surface area contributed by atoms with Crippen LogP contribution in [0.4, 0.5) is 5.82 Å². The van der Waals surface area contributed by atoms with Crippen LogP contribution in [-0.2, 0) is 10.0 Å². The van der Waals surface area contributed by atoms with Gasteiger partial charge in [-0.1, -0.05) is 13.3 Å². The van der Waals surface area contributed by atoms with Crippen LogP contribution < -0.4 is 10.0 Å². The van der Waals surface area contributed by atoms with Crippen LogP contribution in [0.15, 0.2) is 23.2 Å². The number of hydrogen-bond donors (Lipinski definition) is 2.